The number of hydrogen-bond donors (Lipinski definition) is 2. The van der Waals surface area contributed by atoms with Crippen molar-refractivity contribution in [2.75, 3.05) is 0 Å². The van der Waals surface area contributed by atoms with E-state index in [2.05, 4.69) is 5.48 Å². The van der Waals surface area contributed by atoms with Gasteiger partial charge in [-0.1, -0.05) is 13.8 Å². The van der Waals surface area contributed by atoms with Crippen molar-refractivity contribution in [2.45, 2.75) is 33.8 Å². The molecule has 0 aromatic carbocycles. The maximum Gasteiger partial charge on any atom is 0.311 e. The summed E-state index contributed by atoms with van der Waals surface area (Å²) < 4.78 is 0. The van der Waals surface area contributed by atoms with Crippen LogP contribution in [0.15, 0.2) is 11.8 Å². The third kappa shape index (κ3) is 2.07. The van der Waals surface area contributed by atoms with E-state index in [4.69, 9.17) is 9.94 Å². The molecule has 0 saturated heterocycles. The predicted molar refractivity (Wildman–Crippen MR) is 52.3 cm³/mol. The number of nitrogens with one attached hydrogen (secondary N) is 1. The molecule has 1 rings (SSSR count). The third-order valence-corrected chi connectivity index (χ3v) is 2.46. The SMILES string of the molecule is CC(C)ONC=C1C(C(=O)O)C1(C)C. The summed E-state index contributed by atoms with van der Waals surface area (Å²) in [7, 11) is 0. The number of rotatable bonds is 4. The van der Waals surface area contributed by atoms with Crippen LogP contribution in [-0.4, -0.2) is 17.2 Å². The van der Waals surface area contributed by atoms with Gasteiger partial charge in [0.1, 0.15) is 0 Å². The normalized spacial score (nSPS) is 26.6. The number of carboxylic acids is 1. The molecule has 0 amide bonds. The van der Waals surface area contributed by atoms with Gasteiger partial charge in [-0.25, -0.2) is 0 Å². The largest absolute Gasteiger partial charge is 0.481 e. The molecule has 4 heteroatoms. The van der Waals surface area contributed by atoms with Crippen molar-refractivity contribution in [3.05, 3.63) is 11.8 Å². The molecule has 1 aliphatic rings. The van der Waals surface area contributed by atoms with E-state index in [1.165, 1.54) is 0 Å². The predicted octanol–water partition coefficient (Wildman–Crippen LogP) is 1.54. The molecular formula is C10H17NO3. The zero-order valence-corrected chi connectivity index (χ0v) is 9.00. The fraction of sp³-hybridized carbons (Fsp3) is 0.700. The molecule has 2 N–H and O–H groups in total. The lowest BCUT2D eigenvalue weighted by Gasteiger charge is -2.04. The van der Waals surface area contributed by atoms with Crippen LogP contribution in [0.3, 0.4) is 0 Å². The maximum atomic E-state index is 10.8. The highest BCUT2D eigenvalue weighted by Gasteiger charge is 2.57. The molecule has 1 fully saturated rings. The van der Waals surface area contributed by atoms with Crippen molar-refractivity contribution in [1.82, 2.24) is 5.48 Å². The average Bonchev–Trinajstić information content (AvgIpc) is 2.52. The second kappa shape index (κ2) is 3.61. The van der Waals surface area contributed by atoms with Crippen LogP contribution < -0.4 is 5.48 Å². The van der Waals surface area contributed by atoms with Gasteiger partial charge in [0, 0.05) is 11.6 Å². The number of aliphatic carboxylic acids is 1. The van der Waals surface area contributed by atoms with Gasteiger partial charge < -0.3 is 5.11 Å². The van der Waals surface area contributed by atoms with Gasteiger partial charge >= 0.3 is 5.97 Å². The molecule has 0 heterocycles. The lowest BCUT2D eigenvalue weighted by Crippen LogP contribution is -2.13. The second-order valence-corrected chi connectivity index (χ2v) is 4.38. The molecule has 0 spiro atoms. The standard InChI is InChI=1S/C10H17NO3/c1-6(2)14-11-5-7-8(9(12)13)10(7,3)4/h5-6,8,11H,1-4H3,(H,12,13). The minimum atomic E-state index is -0.771. The van der Waals surface area contributed by atoms with Gasteiger partial charge in [0.2, 0.25) is 0 Å². The lowest BCUT2D eigenvalue weighted by atomic mass is 10.1. The van der Waals surface area contributed by atoms with Gasteiger partial charge in [0.15, 0.2) is 0 Å². The first-order chi connectivity index (χ1) is 6.37. The molecule has 80 valence electrons. The molecule has 0 aromatic rings. The van der Waals surface area contributed by atoms with Crippen LogP contribution in [0.25, 0.3) is 0 Å². The van der Waals surface area contributed by atoms with E-state index in [-0.39, 0.29) is 17.4 Å². The van der Waals surface area contributed by atoms with Gasteiger partial charge in [-0.3, -0.25) is 15.1 Å². The van der Waals surface area contributed by atoms with E-state index in [1.54, 1.807) is 6.20 Å². The molecule has 0 aromatic heterocycles. The molecule has 0 aliphatic heterocycles. The van der Waals surface area contributed by atoms with E-state index >= 15 is 0 Å². The fourth-order valence-electron chi connectivity index (χ4n) is 1.52. The minimum Gasteiger partial charge on any atom is -0.481 e. The third-order valence-electron chi connectivity index (χ3n) is 2.46. The van der Waals surface area contributed by atoms with Crippen LogP contribution in [0, 0.1) is 11.3 Å². The van der Waals surface area contributed by atoms with E-state index in [0.29, 0.717) is 0 Å². The molecule has 14 heavy (non-hydrogen) atoms. The Balaban J connectivity index is 2.51. The number of hydrogen-bond acceptors (Lipinski definition) is 3. The second-order valence-electron chi connectivity index (χ2n) is 4.38. The molecule has 1 atom stereocenters. The highest BCUT2D eigenvalue weighted by atomic mass is 16.7. The van der Waals surface area contributed by atoms with Gasteiger partial charge in [-0.15, -0.1) is 0 Å². The van der Waals surface area contributed by atoms with E-state index in [9.17, 15) is 4.79 Å². The summed E-state index contributed by atoms with van der Waals surface area (Å²) >= 11 is 0. The van der Waals surface area contributed by atoms with Crippen molar-refractivity contribution < 1.29 is 14.7 Å². The Bertz CT molecular complexity index is 269. The van der Waals surface area contributed by atoms with Crippen LogP contribution >= 0.6 is 0 Å². The molecule has 4 nitrogen and oxygen atoms in total. The highest BCUT2D eigenvalue weighted by Crippen LogP contribution is 2.57. The first-order valence-electron chi connectivity index (χ1n) is 4.72. The average molecular weight is 199 g/mol. The van der Waals surface area contributed by atoms with E-state index in [0.717, 1.165) is 5.57 Å². The zero-order valence-electron chi connectivity index (χ0n) is 9.00. The van der Waals surface area contributed by atoms with Crippen LogP contribution in [-0.2, 0) is 9.63 Å². The summed E-state index contributed by atoms with van der Waals surface area (Å²) in [4.78, 5) is 15.9. The zero-order chi connectivity index (χ0) is 10.9. The molecule has 0 radical (unpaired) electrons. The minimum absolute atomic E-state index is 0.0805. The Hall–Kier alpha value is -1.03. The number of carbonyl (C=O) groups is 1. The quantitative estimate of drug-likeness (QED) is 0.674. The van der Waals surface area contributed by atoms with Gasteiger partial charge in [-0.05, 0) is 19.4 Å². The van der Waals surface area contributed by atoms with E-state index in [1.807, 2.05) is 27.7 Å². The lowest BCUT2D eigenvalue weighted by molar-refractivity contribution is -0.139. The summed E-state index contributed by atoms with van der Waals surface area (Å²) in [5.41, 5.74) is 3.31. The summed E-state index contributed by atoms with van der Waals surface area (Å²) in [6, 6.07) is 0. The summed E-state index contributed by atoms with van der Waals surface area (Å²) in [5.74, 6) is -1.14. The van der Waals surface area contributed by atoms with Gasteiger partial charge in [-0.2, -0.15) is 0 Å². The van der Waals surface area contributed by atoms with Gasteiger partial charge in [0.25, 0.3) is 0 Å². The molecule has 1 aliphatic carbocycles. The van der Waals surface area contributed by atoms with Crippen LogP contribution in [0.5, 0.6) is 0 Å². The smallest absolute Gasteiger partial charge is 0.311 e. The van der Waals surface area contributed by atoms with Crippen molar-refractivity contribution >= 4 is 5.97 Å². The first kappa shape index (κ1) is 11.0. The Morgan fingerprint density at radius 2 is 2.21 bits per heavy atom. The molecule has 1 saturated carbocycles. The van der Waals surface area contributed by atoms with Crippen LogP contribution in [0.1, 0.15) is 27.7 Å². The van der Waals surface area contributed by atoms with E-state index < -0.39 is 5.97 Å². The monoisotopic (exact) mass is 199 g/mol. The van der Waals surface area contributed by atoms with Crippen molar-refractivity contribution in [3.63, 3.8) is 0 Å². The van der Waals surface area contributed by atoms with Crippen molar-refractivity contribution in [3.8, 4) is 0 Å². The Kier molecular flexibility index (Phi) is 2.85. The summed E-state index contributed by atoms with van der Waals surface area (Å²) in [5, 5.41) is 8.86. The highest BCUT2D eigenvalue weighted by molar-refractivity contribution is 5.82. The number of hydroxylamine groups is 1. The number of carboxylic acid groups (broad SMARTS) is 1. The Morgan fingerprint density at radius 1 is 1.64 bits per heavy atom. The topological polar surface area (TPSA) is 58.6 Å². The molecule has 0 bridgehead atoms. The van der Waals surface area contributed by atoms with Gasteiger partial charge in [0.05, 0.1) is 12.0 Å². The fourth-order valence-corrected chi connectivity index (χ4v) is 1.52. The Morgan fingerprint density at radius 3 is 2.57 bits per heavy atom. The van der Waals surface area contributed by atoms with Crippen molar-refractivity contribution in [2.24, 2.45) is 11.3 Å². The first-order valence-corrected chi connectivity index (χ1v) is 4.72. The summed E-state index contributed by atoms with van der Waals surface area (Å²) in [6.07, 6.45) is 1.73. The maximum absolute atomic E-state index is 10.8. The van der Waals surface area contributed by atoms with Crippen LogP contribution in [0.4, 0.5) is 0 Å². The summed E-state index contributed by atoms with van der Waals surface area (Å²) in [6.45, 7) is 7.62. The molecule has 1 unspecified atom stereocenters. The molecular weight excluding hydrogens is 182 g/mol. The Labute approximate surface area is 83.9 Å². The van der Waals surface area contributed by atoms with Crippen molar-refractivity contribution in [1.29, 1.82) is 0 Å². The van der Waals surface area contributed by atoms with Crippen LogP contribution in [0.2, 0.25) is 0 Å².